The normalized spacial score (nSPS) is 26.6. The SMILES string of the molecule is [2H]C([2H])([2H])N1C(=O)c2c(C)ccc(Cl)c2[C@H]2C[C@@H]1c1nc3ccc(B4OC(C)(C)C(C)(C)O4)cc3n12. The molecule has 0 N–H and O–H groups in total. The van der Waals surface area contributed by atoms with Gasteiger partial charge >= 0.3 is 7.12 Å². The van der Waals surface area contributed by atoms with Crippen LogP contribution in [0.15, 0.2) is 30.3 Å². The van der Waals surface area contributed by atoms with Crippen LogP contribution in [0.3, 0.4) is 0 Å². The monoisotopic (exact) mass is 466 g/mol. The minimum atomic E-state index is -2.64. The second-order valence-corrected chi connectivity index (χ2v) is 10.7. The Morgan fingerprint density at radius 2 is 1.88 bits per heavy atom. The minimum absolute atomic E-state index is 0.331. The molecule has 8 heteroatoms. The first-order chi connectivity index (χ1) is 16.7. The van der Waals surface area contributed by atoms with Crippen LogP contribution in [0.25, 0.3) is 11.0 Å². The largest absolute Gasteiger partial charge is 0.494 e. The molecule has 0 aliphatic carbocycles. The van der Waals surface area contributed by atoms with Gasteiger partial charge in [0.05, 0.1) is 34.3 Å². The quantitative estimate of drug-likeness (QED) is 0.498. The van der Waals surface area contributed by atoms with Crippen molar-refractivity contribution in [3.8, 4) is 0 Å². The molecule has 4 heterocycles. The summed E-state index contributed by atoms with van der Waals surface area (Å²) < 4.78 is 39.2. The van der Waals surface area contributed by atoms with Crippen LogP contribution in [0.1, 0.15) is 77.6 Å². The fraction of sp³-hybridized carbons (Fsp3) is 0.440. The summed E-state index contributed by atoms with van der Waals surface area (Å²) in [6.07, 6.45) is 0.388. The van der Waals surface area contributed by atoms with Gasteiger partial charge in [-0.25, -0.2) is 4.98 Å². The van der Waals surface area contributed by atoms with Crippen LogP contribution in [-0.2, 0) is 9.31 Å². The summed E-state index contributed by atoms with van der Waals surface area (Å²) >= 11 is 6.70. The number of aryl methyl sites for hydroxylation is 1. The second kappa shape index (κ2) is 6.62. The summed E-state index contributed by atoms with van der Waals surface area (Å²) in [5.41, 5.74) is 3.14. The number of carbonyl (C=O) groups is 1. The number of fused-ring (bicyclic) bond motifs is 9. The molecule has 2 aromatic carbocycles. The summed E-state index contributed by atoms with van der Waals surface area (Å²) in [4.78, 5) is 19.5. The average molecular weight is 467 g/mol. The van der Waals surface area contributed by atoms with Gasteiger partial charge < -0.3 is 18.8 Å². The predicted molar refractivity (Wildman–Crippen MR) is 129 cm³/mol. The Bertz CT molecular complexity index is 1440. The van der Waals surface area contributed by atoms with Crippen molar-refractivity contribution in [1.82, 2.24) is 14.5 Å². The van der Waals surface area contributed by atoms with E-state index in [0.717, 1.165) is 15.9 Å². The van der Waals surface area contributed by atoms with Crippen molar-refractivity contribution >= 4 is 41.1 Å². The van der Waals surface area contributed by atoms with E-state index < -0.39 is 37.2 Å². The van der Waals surface area contributed by atoms with E-state index in [1.807, 2.05) is 57.4 Å². The molecule has 3 aromatic rings. The molecule has 0 radical (unpaired) electrons. The Kier molecular flexibility index (Phi) is 3.62. The van der Waals surface area contributed by atoms with Crippen molar-refractivity contribution in [1.29, 1.82) is 0 Å². The van der Waals surface area contributed by atoms with Crippen LogP contribution >= 0.6 is 11.6 Å². The molecule has 1 aromatic heterocycles. The highest BCUT2D eigenvalue weighted by Crippen LogP contribution is 2.49. The van der Waals surface area contributed by atoms with Gasteiger partial charge in [0.15, 0.2) is 0 Å². The van der Waals surface area contributed by atoms with E-state index in [0.29, 0.717) is 39.5 Å². The van der Waals surface area contributed by atoms with Gasteiger partial charge in [-0.15, -0.1) is 0 Å². The fourth-order valence-corrected chi connectivity index (χ4v) is 5.57. The molecule has 0 saturated carbocycles. The van der Waals surface area contributed by atoms with Gasteiger partial charge in [-0.2, -0.15) is 0 Å². The molecule has 2 bridgehead atoms. The maximum atomic E-state index is 13.7. The first-order valence-electron chi connectivity index (χ1n) is 12.7. The number of rotatable bonds is 1. The predicted octanol–water partition coefficient (Wildman–Crippen LogP) is 4.42. The van der Waals surface area contributed by atoms with Gasteiger partial charge in [-0.05, 0) is 63.8 Å². The van der Waals surface area contributed by atoms with Crippen molar-refractivity contribution < 1.29 is 18.2 Å². The molecule has 170 valence electrons. The Labute approximate surface area is 203 Å². The number of hydrogen-bond donors (Lipinski definition) is 0. The number of nitrogens with zero attached hydrogens (tertiary/aromatic N) is 3. The van der Waals surface area contributed by atoms with Gasteiger partial charge in [0, 0.05) is 33.7 Å². The smallest absolute Gasteiger partial charge is 0.399 e. The van der Waals surface area contributed by atoms with E-state index in [9.17, 15) is 4.79 Å². The number of halogens is 1. The maximum absolute atomic E-state index is 13.7. The first kappa shape index (κ1) is 18.0. The van der Waals surface area contributed by atoms with E-state index in [2.05, 4.69) is 0 Å². The van der Waals surface area contributed by atoms with Crippen molar-refractivity contribution in [3.05, 3.63) is 57.9 Å². The lowest BCUT2D eigenvalue weighted by atomic mass is 9.79. The Morgan fingerprint density at radius 3 is 2.58 bits per heavy atom. The van der Waals surface area contributed by atoms with Crippen molar-refractivity contribution in [2.45, 2.75) is 64.3 Å². The second-order valence-electron chi connectivity index (χ2n) is 10.3. The molecule has 2 atom stereocenters. The van der Waals surface area contributed by atoms with Crippen molar-refractivity contribution in [3.63, 3.8) is 0 Å². The third-order valence-corrected chi connectivity index (χ3v) is 8.13. The van der Waals surface area contributed by atoms with Gasteiger partial charge in [0.2, 0.25) is 0 Å². The molecule has 1 amide bonds. The number of benzene rings is 2. The van der Waals surface area contributed by atoms with Gasteiger partial charge in [-0.1, -0.05) is 23.7 Å². The zero-order valence-electron chi connectivity index (χ0n) is 22.3. The molecule has 1 fully saturated rings. The lowest BCUT2D eigenvalue weighted by Gasteiger charge is -2.32. The molecule has 3 aliphatic heterocycles. The van der Waals surface area contributed by atoms with Crippen LogP contribution < -0.4 is 5.46 Å². The molecular weight excluding hydrogens is 437 g/mol. The molecule has 6 nitrogen and oxygen atoms in total. The highest BCUT2D eigenvalue weighted by Gasteiger charge is 2.52. The van der Waals surface area contributed by atoms with Gasteiger partial charge in [0.1, 0.15) is 5.82 Å². The lowest BCUT2D eigenvalue weighted by Crippen LogP contribution is -2.41. The third kappa shape index (κ3) is 2.76. The first-order valence-corrected chi connectivity index (χ1v) is 11.6. The minimum Gasteiger partial charge on any atom is -0.399 e. The molecule has 0 spiro atoms. The Balaban J connectivity index is 1.57. The zero-order valence-corrected chi connectivity index (χ0v) is 20.0. The van der Waals surface area contributed by atoms with E-state index >= 15 is 0 Å². The van der Waals surface area contributed by atoms with Crippen LogP contribution in [0.5, 0.6) is 0 Å². The summed E-state index contributed by atoms with van der Waals surface area (Å²) in [5, 5.41) is 0.442. The van der Waals surface area contributed by atoms with Crippen molar-refractivity contribution in [2.75, 3.05) is 6.98 Å². The van der Waals surface area contributed by atoms with Crippen LogP contribution in [0, 0.1) is 6.92 Å². The lowest BCUT2D eigenvalue weighted by molar-refractivity contribution is 0.00578. The van der Waals surface area contributed by atoms with Crippen molar-refractivity contribution in [2.24, 2.45) is 0 Å². The maximum Gasteiger partial charge on any atom is 0.494 e. The van der Waals surface area contributed by atoms with Crippen LogP contribution in [0.4, 0.5) is 0 Å². The van der Waals surface area contributed by atoms with Gasteiger partial charge in [0.25, 0.3) is 5.91 Å². The molecule has 1 saturated heterocycles. The van der Waals surface area contributed by atoms with Gasteiger partial charge in [-0.3, -0.25) is 4.79 Å². The summed E-state index contributed by atoms with van der Waals surface area (Å²) in [6, 6.07) is 8.32. The summed E-state index contributed by atoms with van der Waals surface area (Å²) in [5.74, 6) is 0.0162. The highest BCUT2D eigenvalue weighted by atomic mass is 35.5. The molecule has 6 rings (SSSR count). The highest BCUT2D eigenvalue weighted by molar-refractivity contribution is 6.62. The van der Waals surface area contributed by atoms with Crippen LogP contribution in [-0.4, -0.2) is 45.7 Å². The molecule has 33 heavy (non-hydrogen) atoms. The summed E-state index contributed by atoms with van der Waals surface area (Å²) in [7, 11) is -0.548. The summed E-state index contributed by atoms with van der Waals surface area (Å²) in [6.45, 7) is 7.22. The molecule has 0 unspecified atom stereocenters. The third-order valence-electron chi connectivity index (χ3n) is 7.80. The van der Waals surface area contributed by atoms with Crippen LogP contribution in [0.2, 0.25) is 5.02 Å². The Morgan fingerprint density at radius 1 is 1.15 bits per heavy atom. The number of carbonyl (C=O) groups excluding carboxylic acids is 1. The van der Waals surface area contributed by atoms with E-state index in [1.165, 1.54) is 0 Å². The Hall–Kier alpha value is -2.35. The van der Waals surface area contributed by atoms with E-state index in [-0.39, 0.29) is 6.04 Å². The molecule has 3 aliphatic rings. The topological polar surface area (TPSA) is 56.6 Å². The number of imidazole rings is 1. The standard InChI is InChI=1S/C25H27BClN3O3/c1-13-7-9-15(27)21-18-12-19(29(6)23(31)20(13)21)22-28-16-10-8-14(11-17(16)30(18)22)26-32-24(2,3)25(4,5)33-26/h7-11,18-19H,12H2,1-6H3/t18-,19-/m1/s1/i6D3. The average Bonchev–Trinajstić information content (AvgIpc) is 3.33. The van der Waals surface area contributed by atoms with E-state index in [1.54, 1.807) is 12.1 Å². The number of aromatic nitrogens is 2. The fourth-order valence-electron chi connectivity index (χ4n) is 5.28. The van der Waals surface area contributed by atoms with E-state index in [4.69, 9.17) is 30.0 Å². The number of hydrogen-bond acceptors (Lipinski definition) is 4. The zero-order chi connectivity index (χ0) is 25.9. The number of amides is 1. The molecular formula is C25H27BClN3O3.